The van der Waals surface area contributed by atoms with E-state index in [-0.39, 0.29) is 12.1 Å². The highest BCUT2D eigenvalue weighted by Crippen LogP contribution is 2.46. The highest BCUT2D eigenvalue weighted by molar-refractivity contribution is 7.97. The normalized spacial score (nSPS) is 14.1. The molecule has 160 valence electrons. The van der Waals surface area contributed by atoms with Gasteiger partial charge in [-0.3, -0.25) is 0 Å². The lowest BCUT2D eigenvalue weighted by Crippen LogP contribution is -2.65. The van der Waals surface area contributed by atoms with Crippen LogP contribution in [0.3, 0.4) is 0 Å². The van der Waals surface area contributed by atoms with Crippen molar-refractivity contribution < 1.29 is 26.0 Å². The summed E-state index contributed by atoms with van der Waals surface area (Å²) in [6.45, 7) is 4.61. The third-order valence-corrected chi connectivity index (χ3v) is 17.2. The number of sulfone groups is 1. The molecule has 2 aromatic carbocycles. The van der Waals surface area contributed by atoms with E-state index in [0.29, 0.717) is 11.1 Å². The molecule has 0 unspecified atom stereocenters. The Hall–Kier alpha value is -1.46. The molecule has 0 radical (unpaired) electrons. The predicted octanol–water partition coefficient (Wildman–Crippen LogP) is 5.65. The molecule has 0 bridgehead atoms. The van der Waals surface area contributed by atoms with Crippen molar-refractivity contribution >= 4 is 26.0 Å². The maximum atomic E-state index is 15.2. The fourth-order valence-corrected chi connectivity index (χ4v) is 13.9. The van der Waals surface area contributed by atoms with E-state index in [0.717, 1.165) is 26.2 Å². The summed E-state index contributed by atoms with van der Waals surface area (Å²) in [6.07, 6.45) is 0. The Morgan fingerprint density at radius 3 is 1.21 bits per heavy atom. The quantitative estimate of drug-likeness (QED) is 0.375. The average molecular weight is 463 g/mol. The molecular weight excluding hydrogens is 436 g/mol. The molecule has 0 fully saturated rings. The van der Waals surface area contributed by atoms with Crippen molar-refractivity contribution in [2.24, 2.45) is 0 Å². The van der Waals surface area contributed by atoms with Crippen LogP contribution in [0.4, 0.5) is 17.6 Å². The Kier molecular flexibility index (Phi) is 6.57. The van der Waals surface area contributed by atoms with Crippen LogP contribution in [-0.4, -0.2) is 34.3 Å². The topological polar surface area (TPSA) is 34.1 Å². The summed E-state index contributed by atoms with van der Waals surface area (Å²) >= 11 is 0. The second kappa shape index (κ2) is 7.99. The Bertz CT molecular complexity index is 860. The van der Waals surface area contributed by atoms with Crippen LogP contribution in [0.25, 0.3) is 0 Å². The van der Waals surface area contributed by atoms with Gasteiger partial charge in [0, 0.05) is 0 Å². The standard InChI is InChI=1S/C20H26F4O2SSi2/c1-28(2,15-17-11-7-5-8-12-17)19(21,22)27(25,26)20(23,24)29(3,4)16-18-13-9-6-10-14-18/h5-14H,15-16H2,1-4H3. The van der Waals surface area contributed by atoms with Gasteiger partial charge in [-0.1, -0.05) is 98.0 Å². The van der Waals surface area contributed by atoms with E-state index in [1.54, 1.807) is 60.7 Å². The van der Waals surface area contributed by atoms with Crippen LogP contribution < -0.4 is 0 Å². The maximum Gasteiger partial charge on any atom is 0.329 e. The lowest BCUT2D eigenvalue weighted by atomic mass is 10.2. The van der Waals surface area contributed by atoms with Crippen LogP contribution in [0.2, 0.25) is 26.2 Å². The van der Waals surface area contributed by atoms with Gasteiger partial charge >= 0.3 is 9.76 Å². The van der Waals surface area contributed by atoms with Crippen molar-refractivity contribution in [1.29, 1.82) is 0 Å². The van der Waals surface area contributed by atoms with Gasteiger partial charge < -0.3 is 0 Å². The van der Waals surface area contributed by atoms with E-state index < -0.39 is 35.7 Å². The Balaban J connectivity index is 2.41. The molecular formula is C20H26F4O2SSi2. The minimum Gasteiger partial charge on any atom is -0.217 e. The van der Waals surface area contributed by atoms with Crippen LogP contribution in [0.5, 0.6) is 0 Å². The SMILES string of the molecule is C[Si](C)(Cc1ccccc1)C(F)(F)S(=O)(=O)C(F)(F)[Si](C)(C)Cc1ccccc1. The van der Waals surface area contributed by atoms with Gasteiger partial charge in [0.05, 0.1) is 0 Å². The molecule has 29 heavy (non-hydrogen) atoms. The van der Waals surface area contributed by atoms with Crippen LogP contribution in [0.1, 0.15) is 11.1 Å². The molecule has 0 spiro atoms. The number of rotatable bonds is 8. The molecule has 9 heteroatoms. The first-order valence-corrected chi connectivity index (χ1v) is 17.1. The number of benzene rings is 2. The highest BCUT2D eigenvalue weighted by Gasteiger charge is 2.71. The highest BCUT2D eigenvalue weighted by atomic mass is 32.2. The van der Waals surface area contributed by atoms with Crippen molar-refractivity contribution in [2.45, 2.75) is 48.0 Å². The first-order valence-electron chi connectivity index (χ1n) is 9.23. The molecule has 0 atom stereocenters. The third kappa shape index (κ3) is 4.36. The van der Waals surface area contributed by atoms with E-state index in [9.17, 15) is 8.42 Å². The second-order valence-corrected chi connectivity index (χ2v) is 20.9. The van der Waals surface area contributed by atoms with E-state index >= 15 is 17.6 Å². The molecule has 0 heterocycles. The van der Waals surface area contributed by atoms with Crippen LogP contribution in [0.15, 0.2) is 60.7 Å². The van der Waals surface area contributed by atoms with Crippen LogP contribution >= 0.6 is 0 Å². The Morgan fingerprint density at radius 1 is 0.655 bits per heavy atom. The van der Waals surface area contributed by atoms with Gasteiger partial charge in [0.15, 0.2) is 16.1 Å². The summed E-state index contributed by atoms with van der Waals surface area (Å²) in [5.74, 6) is 0. The van der Waals surface area contributed by atoms with Crippen molar-refractivity contribution in [3.05, 3.63) is 71.8 Å². The lowest BCUT2D eigenvalue weighted by Gasteiger charge is -2.39. The van der Waals surface area contributed by atoms with Gasteiger partial charge in [-0.25, -0.2) is 8.42 Å². The van der Waals surface area contributed by atoms with Gasteiger partial charge in [-0.15, -0.1) is 0 Å². The molecule has 2 aromatic rings. The molecule has 2 nitrogen and oxygen atoms in total. The smallest absolute Gasteiger partial charge is 0.217 e. The molecule has 0 aromatic heterocycles. The van der Waals surface area contributed by atoms with Gasteiger partial charge in [0.1, 0.15) is 0 Å². The maximum absolute atomic E-state index is 15.2. The van der Waals surface area contributed by atoms with Crippen molar-refractivity contribution in [3.8, 4) is 0 Å². The average Bonchev–Trinajstić information content (AvgIpc) is 2.62. The molecule has 0 N–H and O–H groups in total. The number of alkyl halides is 4. The van der Waals surface area contributed by atoms with E-state index in [1.165, 1.54) is 0 Å². The zero-order valence-corrected chi connectivity index (χ0v) is 19.7. The third-order valence-electron chi connectivity index (χ3n) is 5.23. The van der Waals surface area contributed by atoms with Crippen molar-refractivity contribution in [1.82, 2.24) is 0 Å². The fourth-order valence-electron chi connectivity index (χ4n) is 3.31. The van der Waals surface area contributed by atoms with Gasteiger partial charge in [0.25, 0.3) is 9.84 Å². The minimum atomic E-state index is -6.04. The zero-order valence-electron chi connectivity index (χ0n) is 16.9. The van der Waals surface area contributed by atoms with Crippen LogP contribution in [-0.2, 0) is 21.9 Å². The first kappa shape index (κ1) is 23.8. The number of halogens is 4. The number of hydrogen-bond donors (Lipinski definition) is 0. The minimum absolute atomic E-state index is 0.211. The summed E-state index contributed by atoms with van der Waals surface area (Å²) in [4.78, 5) is -8.94. The largest absolute Gasteiger partial charge is 0.329 e. The van der Waals surface area contributed by atoms with Crippen LogP contribution in [0, 0.1) is 0 Å². The summed E-state index contributed by atoms with van der Waals surface area (Å²) in [7, 11) is -14.0. The Labute approximate surface area is 171 Å². The summed E-state index contributed by atoms with van der Waals surface area (Å²) < 4.78 is 86.4. The van der Waals surface area contributed by atoms with Crippen molar-refractivity contribution in [3.63, 3.8) is 0 Å². The molecule has 0 aliphatic rings. The summed E-state index contributed by atoms with van der Waals surface area (Å²) in [5.41, 5.74) is 1.03. The van der Waals surface area contributed by atoms with E-state index in [4.69, 9.17) is 0 Å². The molecule has 0 aliphatic carbocycles. The summed E-state index contributed by atoms with van der Waals surface area (Å²) in [6, 6.07) is 16.0. The van der Waals surface area contributed by atoms with Gasteiger partial charge in [-0.2, -0.15) is 17.6 Å². The number of hydrogen-bond acceptors (Lipinski definition) is 2. The van der Waals surface area contributed by atoms with E-state index in [2.05, 4.69) is 0 Å². The molecule has 0 aliphatic heterocycles. The second-order valence-electron chi connectivity index (χ2n) is 8.63. The molecule has 0 amide bonds. The fraction of sp³-hybridized carbons (Fsp3) is 0.400. The molecule has 2 rings (SSSR count). The first-order chi connectivity index (χ1) is 13.2. The monoisotopic (exact) mass is 462 g/mol. The predicted molar refractivity (Wildman–Crippen MR) is 114 cm³/mol. The molecule has 0 saturated carbocycles. The molecule has 0 saturated heterocycles. The van der Waals surface area contributed by atoms with Gasteiger partial charge in [0.2, 0.25) is 0 Å². The zero-order chi connectivity index (χ0) is 22.1. The van der Waals surface area contributed by atoms with Crippen molar-refractivity contribution in [2.75, 3.05) is 0 Å². The van der Waals surface area contributed by atoms with Gasteiger partial charge in [-0.05, 0) is 12.1 Å². The summed E-state index contributed by atoms with van der Waals surface area (Å²) in [5, 5.41) is 0. The lowest BCUT2D eigenvalue weighted by molar-refractivity contribution is 0.123. The Morgan fingerprint density at radius 2 is 0.931 bits per heavy atom. The van der Waals surface area contributed by atoms with E-state index in [1.807, 2.05) is 0 Å².